The molecule has 0 saturated heterocycles. The Labute approximate surface area is 77.4 Å². The molecule has 0 N–H and O–H groups in total. The summed E-state index contributed by atoms with van der Waals surface area (Å²) in [4.78, 5) is 0. The van der Waals surface area contributed by atoms with Gasteiger partial charge in [-0.1, -0.05) is 52.0 Å². The molecular formula is C12H22. The van der Waals surface area contributed by atoms with Crippen LogP contribution in [-0.2, 0) is 0 Å². The zero-order valence-electron chi connectivity index (χ0n) is 9.15. The topological polar surface area (TPSA) is 0 Å². The van der Waals surface area contributed by atoms with Crippen molar-refractivity contribution in [3.05, 3.63) is 24.3 Å². The third kappa shape index (κ3) is 6.21. The monoisotopic (exact) mass is 166 g/mol. The van der Waals surface area contributed by atoms with E-state index >= 15 is 0 Å². The minimum absolute atomic E-state index is 0.314. The van der Waals surface area contributed by atoms with Crippen LogP contribution >= 0.6 is 0 Å². The summed E-state index contributed by atoms with van der Waals surface area (Å²) in [5, 5.41) is 0. The van der Waals surface area contributed by atoms with Crippen molar-refractivity contribution in [2.24, 2.45) is 11.3 Å². The molecule has 0 rings (SSSR count). The molecule has 0 heteroatoms. The van der Waals surface area contributed by atoms with E-state index in [0.717, 1.165) is 6.42 Å². The second-order valence-corrected chi connectivity index (χ2v) is 4.75. The summed E-state index contributed by atoms with van der Waals surface area (Å²) in [7, 11) is 0. The summed E-state index contributed by atoms with van der Waals surface area (Å²) in [6.45, 7) is 14.9. The molecule has 0 aromatic heterocycles. The molecule has 0 amide bonds. The lowest BCUT2D eigenvalue weighted by Crippen LogP contribution is -1.99. The maximum absolute atomic E-state index is 3.94. The molecule has 0 fully saturated rings. The van der Waals surface area contributed by atoms with Crippen LogP contribution in [0.15, 0.2) is 24.3 Å². The van der Waals surface area contributed by atoms with Crippen LogP contribution in [0.2, 0.25) is 0 Å². The van der Waals surface area contributed by atoms with Crippen molar-refractivity contribution in [3.8, 4) is 0 Å². The van der Waals surface area contributed by atoms with Crippen LogP contribution in [0.1, 0.15) is 41.0 Å². The van der Waals surface area contributed by atoms with Gasteiger partial charge in [0.05, 0.1) is 0 Å². The summed E-state index contributed by atoms with van der Waals surface area (Å²) in [6.07, 6.45) is 5.65. The standard InChI is InChI=1S/C12H22/c1-10(2)11(3)8-7-9-12(4,5)6/h7,9,11H,1,8H2,2-6H3. The van der Waals surface area contributed by atoms with Crippen molar-refractivity contribution < 1.29 is 0 Å². The van der Waals surface area contributed by atoms with Gasteiger partial charge in [0.1, 0.15) is 0 Å². The first-order valence-corrected chi connectivity index (χ1v) is 4.66. The van der Waals surface area contributed by atoms with Crippen LogP contribution in [0.5, 0.6) is 0 Å². The van der Waals surface area contributed by atoms with Crippen LogP contribution in [0.4, 0.5) is 0 Å². The van der Waals surface area contributed by atoms with E-state index in [-0.39, 0.29) is 0 Å². The van der Waals surface area contributed by atoms with Gasteiger partial charge in [-0.2, -0.15) is 0 Å². The Morgan fingerprint density at radius 3 is 2.25 bits per heavy atom. The zero-order chi connectivity index (χ0) is 9.78. The molecule has 0 aromatic rings. The molecule has 0 radical (unpaired) electrons. The first kappa shape index (κ1) is 11.5. The Kier molecular flexibility index (Phi) is 4.30. The highest BCUT2D eigenvalue weighted by Crippen LogP contribution is 2.18. The normalized spacial score (nSPS) is 15.1. The van der Waals surface area contributed by atoms with Crippen LogP contribution in [0.25, 0.3) is 0 Å². The quantitative estimate of drug-likeness (QED) is 0.551. The van der Waals surface area contributed by atoms with E-state index in [4.69, 9.17) is 0 Å². The van der Waals surface area contributed by atoms with Gasteiger partial charge in [0.2, 0.25) is 0 Å². The van der Waals surface area contributed by atoms with Crippen molar-refractivity contribution in [2.75, 3.05) is 0 Å². The molecular weight excluding hydrogens is 144 g/mol. The summed E-state index contributed by atoms with van der Waals surface area (Å²) in [6, 6.07) is 0. The number of hydrogen-bond acceptors (Lipinski definition) is 0. The van der Waals surface area contributed by atoms with Gasteiger partial charge in [-0.3, -0.25) is 0 Å². The fourth-order valence-electron chi connectivity index (χ4n) is 0.827. The van der Waals surface area contributed by atoms with Gasteiger partial charge in [-0.25, -0.2) is 0 Å². The predicted molar refractivity (Wildman–Crippen MR) is 57.2 cm³/mol. The molecule has 70 valence electrons. The first-order chi connectivity index (χ1) is 5.33. The van der Waals surface area contributed by atoms with Gasteiger partial charge in [0, 0.05) is 0 Å². The minimum Gasteiger partial charge on any atom is -0.0999 e. The summed E-state index contributed by atoms with van der Waals surface area (Å²) >= 11 is 0. The van der Waals surface area contributed by atoms with Crippen LogP contribution in [-0.4, -0.2) is 0 Å². The molecule has 0 aliphatic rings. The number of hydrogen-bond donors (Lipinski definition) is 0. The molecule has 0 aromatic carbocycles. The average Bonchev–Trinajstić information content (AvgIpc) is 1.84. The maximum Gasteiger partial charge on any atom is -0.0203 e. The van der Waals surface area contributed by atoms with E-state index in [1.165, 1.54) is 5.57 Å². The van der Waals surface area contributed by atoms with Crippen molar-refractivity contribution >= 4 is 0 Å². The Morgan fingerprint density at radius 2 is 1.92 bits per heavy atom. The zero-order valence-corrected chi connectivity index (χ0v) is 9.15. The van der Waals surface area contributed by atoms with Gasteiger partial charge in [0.15, 0.2) is 0 Å². The Balaban J connectivity index is 3.83. The molecule has 0 spiro atoms. The van der Waals surface area contributed by atoms with Gasteiger partial charge < -0.3 is 0 Å². The molecule has 0 nitrogen and oxygen atoms in total. The lowest BCUT2D eigenvalue weighted by Gasteiger charge is -2.12. The lowest BCUT2D eigenvalue weighted by molar-refractivity contribution is 0.539. The maximum atomic E-state index is 3.94. The van der Waals surface area contributed by atoms with Crippen molar-refractivity contribution in [2.45, 2.75) is 41.0 Å². The molecule has 0 saturated carbocycles. The number of rotatable bonds is 3. The van der Waals surface area contributed by atoms with Gasteiger partial charge in [-0.15, -0.1) is 0 Å². The Bertz CT molecular complexity index is 167. The highest BCUT2D eigenvalue weighted by atomic mass is 14.1. The molecule has 12 heavy (non-hydrogen) atoms. The second kappa shape index (κ2) is 4.49. The fraction of sp³-hybridized carbons (Fsp3) is 0.667. The van der Waals surface area contributed by atoms with Crippen LogP contribution in [0.3, 0.4) is 0 Å². The molecule has 0 bridgehead atoms. The van der Waals surface area contributed by atoms with E-state index < -0.39 is 0 Å². The van der Waals surface area contributed by atoms with E-state index in [1.807, 2.05) is 0 Å². The van der Waals surface area contributed by atoms with E-state index in [1.54, 1.807) is 0 Å². The Morgan fingerprint density at radius 1 is 1.42 bits per heavy atom. The van der Waals surface area contributed by atoms with Gasteiger partial charge in [0.25, 0.3) is 0 Å². The minimum atomic E-state index is 0.314. The number of allylic oxidation sites excluding steroid dienone is 3. The lowest BCUT2D eigenvalue weighted by atomic mass is 9.93. The largest absolute Gasteiger partial charge is 0.0999 e. The van der Waals surface area contributed by atoms with Crippen molar-refractivity contribution in [1.29, 1.82) is 0 Å². The molecule has 0 heterocycles. The van der Waals surface area contributed by atoms with Crippen molar-refractivity contribution in [3.63, 3.8) is 0 Å². The highest BCUT2D eigenvalue weighted by Gasteiger charge is 2.04. The fourth-order valence-corrected chi connectivity index (χ4v) is 0.827. The summed E-state index contributed by atoms with van der Waals surface area (Å²) in [5.74, 6) is 0.614. The molecule has 0 aliphatic carbocycles. The molecule has 1 unspecified atom stereocenters. The highest BCUT2D eigenvalue weighted by molar-refractivity contribution is 5.00. The molecule has 1 atom stereocenters. The second-order valence-electron chi connectivity index (χ2n) is 4.75. The predicted octanol–water partition coefficient (Wildman–Crippen LogP) is 4.19. The average molecular weight is 166 g/mol. The SMILES string of the molecule is C=C(C)C(C)CC=CC(C)(C)C. The Hall–Kier alpha value is -0.520. The van der Waals surface area contributed by atoms with E-state index in [2.05, 4.69) is 53.3 Å². The van der Waals surface area contributed by atoms with Crippen molar-refractivity contribution in [1.82, 2.24) is 0 Å². The smallest absolute Gasteiger partial charge is 0.0203 e. The van der Waals surface area contributed by atoms with Gasteiger partial charge >= 0.3 is 0 Å². The third-order valence-electron chi connectivity index (χ3n) is 1.95. The van der Waals surface area contributed by atoms with Gasteiger partial charge in [-0.05, 0) is 24.7 Å². The summed E-state index contributed by atoms with van der Waals surface area (Å²) < 4.78 is 0. The summed E-state index contributed by atoms with van der Waals surface area (Å²) in [5.41, 5.74) is 1.59. The molecule has 0 aliphatic heterocycles. The first-order valence-electron chi connectivity index (χ1n) is 4.66. The van der Waals surface area contributed by atoms with E-state index in [9.17, 15) is 0 Å². The third-order valence-corrected chi connectivity index (χ3v) is 1.95. The van der Waals surface area contributed by atoms with Crippen LogP contribution in [0, 0.1) is 11.3 Å². The van der Waals surface area contributed by atoms with Crippen LogP contribution < -0.4 is 0 Å². The van der Waals surface area contributed by atoms with E-state index in [0.29, 0.717) is 11.3 Å².